The van der Waals surface area contributed by atoms with E-state index in [0.717, 1.165) is 42.0 Å². The van der Waals surface area contributed by atoms with Crippen LogP contribution in [0.15, 0.2) is 66.7 Å². The maximum absolute atomic E-state index is 13.4. The van der Waals surface area contributed by atoms with Gasteiger partial charge in [0.25, 0.3) is 5.91 Å². The molecule has 178 valence electrons. The van der Waals surface area contributed by atoms with Gasteiger partial charge in [-0.05, 0) is 48.9 Å². The minimum absolute atomic E-state index is 0.151. The van der Waals surface area contributed by atoms with Gasteiger partial charge in [0.05, 0.1) is 0 Å². The highest BCUT2D eigenvalue weighted by atomic mass is 19.1. The number of carbonyl (C=O) groups excluding carboxylic acids is 2. The molecule has 2 amide bonds. The van der Waals surface area contributed by atoms with Crippen molar-refractivity contribution in [3.8, 4) is 5.75 Å². The molecule has 1 saturated carbocycles. The first-order chi connectivity index (χ1) is 16.5. The number of benzene rings is 3. The van der Waals surface area contributed by atoms with E-state index in [1.165, 1.54) is 23.5 Å². The number of fused-ring (bicyclic) bond motifs is 1. The Hall–Kier alpha value is -3.41. The van der Waals surface area contributed by atoms with Gasteiger partial charge in [0.2, 0.25) is 5.91 Å². The van der Waals surface area contributed by atoms with E-state index in [1.54, 1.807) is 19.1 Å². The fraction of sp³-hybridized carbons (Fsp3) is 0.357. The Balaban J connectivity index is 1.49. The van der Waals surface area contributed by atoms with E-state index in [4.69, 9.17) is 4.74 Å². The van der Waals surface area contributed by atoms with Gasteiger partial charge in [-0.3, -0.25) is 9.59 Å². The van der Waals surface area contributed by atoms with E-state index in [2.05, 4.69) is 5.32 Å². The number of amides is 2. The lowest BCUT2D eigenvalue weighted by Crippen LogP contribution is -2.51. The number of hydrogen-bond acceptors (Lipinski definition) is 3. The minimum Gasteiger partial charge on any atom is -0.483 e. The van der Waals surface area contributed by atoms with Crippen molar-refractivity contribution in [2.75, 3.05) is 6.61 Å². The highest BCUT2D eigenvalue weighted by Gasteiger charge is 2.28. The average Bonchev–Trinajstić information content (AvgIpc) is 2.87. The average molecular weight is 463 g/mol. The van der Waals surface area contributed by atoms with Crippen molar-refractivity contribution in [1.29, 1.82) is 0 Å². The second-order valence-corrected chi connectivity index (χ2v) is 8.93. The molecule has 0 bridgehead atoms. The van der Waals surface area contributed by atoms with E-state index in [1.807, 2.05) is 42.5 Å². The maximum atomic E-state index is 13.4. The highest BCUT2D eigenvalue weighted by molar-refractivity contribution is 5.90. The molecule has 1 fully saturated rings. The fourth-order valence-corrected chi connectivity index (χ4v) is 4.48. The van der Waals surface area contributed by atoms with Crippen LogP contribution in [0.5, 0.6) is 5.75 Å². The third kappa shape index (κ3) is 5.93. The second-order valence-electron chi connectivity index (χ2n) is 8.93. The lowest BCUT2D eigenvalue weighted by Gasteiger charge is -2.31. The quantitative estimate of drug-likeness (QED) is 0.499. The summed E-state index contributed by atoms with van der Waals surface area (Å²) in [5.74, 6) is -0.201. The Morgan fingerprint density at radius 2 is 1.71 bits per heavy atom. The Morgan fingerprint density at radius 3 is 2.47 bits per heavy atom. The molecule has 0 unspecified atom stereocenters. The molecule has 0 saturated heterocycles. The molecule has 1 aliphatic carbocycles. The number of halogens is 1. The molecule has 0 heterocycles. The summed E-state index contributed by atoms with van der Waals surface area (Å²) in [4.78, 5) is 27.9. The zero-order valence-electron chi connectivity index (χ0n) is 19.5. The molecule has 1 aliphatic rings. The lowest BCUT2D eigenvalue weighted by atomic mass is 9.95. The molecule has 4 rings (SSSR count). The van der Waals surface area contributed by atoms with E-state index in [0.29, 0.717) is 5.75 Å². The first kappa shape index (κ1) is 23.7. The smallest absolute Gasteiger partial charge is 0.261 e. The van der Waals surface area contributed by atoms with Gasteiger partial charge >= 0.3 is 0 Å². The molecular formula is C28H31FN2O3. The standard InChI is InChI=1S/C28H31FN2O3/c1-20(28(33)30-24-10-3-2-4-11-24)31(18-21-14-16-23(29)17-15-21)27(32)19-34-26-13-7-9-22-8-5-6-12-25(22)26/h5-9,12-17,20,24H,2-4,10-11,18-19H2,1H3,(H,30,33)/t20-/m1/s1. The van der Waals surface area contributed by atoms with Gasteiger partial charge < -0.3 is 15.0 Å². The number of ether oxygens (including phenoxy) is 1. The van der Waals surface area contributed by atoms with Crippen molar-refractivity contribution < 1.29 is 18.7 Å². The molecule has 0 spiro atoms. The van der Waals surface area contributed by atoms with Gasteiger partial charge in [-0.25, -0.2) is 4.39 Å². The summed E-state index contributed by atoms with van der Waals surface area (Å²) in [6, 6.07) is 19.0. The van der Waals surface area contributed by atoms with Crippen LogP contribution < -0.4 is 10.1 Å². The van der Waals surface area contributed by atoms with Crippen LogP contribution in [0.25, 0.3) is 10.8 Å². The first-order valence-corrected chi connectivity index (χ1v) is 12.0. The summed E-state index contributed by atoms with van der Waals surface area (Å²) < 4.78 is 19.3. The zero-order valence-corrected chi connectivity index (χ0v) is 19.5. The summed E-state index contributed by atoms with van der Waals surface area (Å²) in [6.07, 6.45) is 5.35. The Kier molecular flexibility index (Phi) is 7.78. The fourth-order valence-electron chi connectivity index (χ4n) is 4.48. The van der Waals surface area contributed by atoms with Crippen LogP contribution in [0.2, 0.25) is 0 Å². The topological polar surface area (TPSA) is 58.6 Å². The van der Waals surface area contributed by atoms with Gasteiger partial charge in [-0.2, -0.15) is 0 Å². The van der Waals surface area contributed by atoms with Gasteiger partial charge in [0, 0.05) is 18.0 Å². The Morgan fingerprint density at radius 1 is 1.00 bits per heavy atom. The maximum Gasteiger partial charge on any atom is 0.261 e. The van der Waals surface area contributed by atoms with E-state index < -0.39 is 6.04 Å². The molecular weight excluding hydrogens is 431 g/mol. The predicted molar refractivity (Wildman–Crippen MR) is 131 cm³/mol. The Bertz CT molecular complexity index is 1120. The van der Waals surface area contributed by atoms with Crippen LogP contribution in [-0.2, 0) is 16.1 Å². The van der Waals surface area contributed by atoms with Gasteiger partial charge in [-0.15, -0.1) is 0 Å². The summed E-state index contributed by atoms with van der Waals surface area (Å²) in [5, 5.41) is 5.06. The number of carbonyl (C=O) groups is 2. The normalized spacial score (nSPS) is 15.0. The number of nitrogens with one attached hydrogen (secondary N) is 1. The van der Waals surface area contributed by atoms with Crippen molar-refractivity contribution in [3.05, 3.63) is 78.1 Å². The molecule has 3 aromatic rings. The molecule has 1 atom stereocenters. The molecule has 0 aliphatic heterocycles. The van der Waals surface area contributed by atoms with Crippen LogP contribution in [0.1, 0.15) is 44.6 Å². The van der Waals surface area contributed by atoms with E-state index >= 15 is 0 Å². The number of rotatable bonds is 8. The van der Waals surface area contributed by atoms with Crippen molar-refractivity contribution >= 4 is 22.6 Å². The Labute approximate surface area is 199 Å². The molecule has 1 N–H and O–H groups in total. The SMILES string of the molecule is C[C@H](C(=O)NC1CCCCC1)N(Cc1ccc(F)cc1)C(=O)COc1cccc2ccccc12. The molecule has 0 aromatic heterocycles. The monoisotopic (exact) mass is 462 g/mol. The highest BCUT2D eigenvalue weighted by Crippen LogP contribution is 2.25. The number of hydrogen-bond donors (Lipinski definition) is 1. The van der Waals surface area contributed by atoms with Crippen LogP contribution >= 0.6 is 0 Å². The molecule has 0 radical (unpaired) electrons. The molecule has 34 heavy (non-hydrogen) atoms. The summed E-state index contributed by atoms with van der Waals surface area (Å²) in [6.45, 7) is 1.73. The van der Waals surface area contributed by atoms with Crippen molar-refractivity contribution in [1.82, 2.24) is 10.2 Å². The van der Waals surface area contributed by atoms with Crippen molar-refractivity contribution in [2.45, 2.75) is 57.7 Å². The van der Waals surface area contributed by atoms with Gasteiger partial charge in [0.15, 0.2) is 6.61 Å². The summed E-state index contributed by atoms with van der Waals surface area (Å²) in [5.41, 5.74) is 0.747. The largest absolute Gasteiger partial charge is 0.483 e. The van der Waals surface area contributed by atoms with Crippen LogP contribution in [0.3, 0.4) is 0 Å². The third-order valence-corrected chi connectivity index (χ3v) is 6.49. The van der Waals surface area contributed by atoms with Crippen molar-refractivity contribution in [2.24, 2.45) is 0 Å². The van der Waals surface area contributed by atoms with Crippen molar-refractivity contribution in [3.63, 3.8) is 0 Å². The van der Waals surface area contributed by atoms with E-state index in [9.17, 15) is 14.0 Å². The van der Waals surface area contributed by atoms with Crippen LogP contribution in [0.4, 0.5) is 4.39 Å². The lowest BCUT2D eigenvalue weighted by molar-refractivity contribution is -0.142. The molecule has 5 nitrogen and oxygen atoms in total. The predicted octanol–water partition coefficient (Wildman–Crippen LogP) is 5.22. The number of nitrogens with zero attached hydrogens (tertiary/aromatic N) is 1. The molecule has 3 aromatic carbocycles. The minimum atomic E-state index is -0.685. The van der Waals surface area contributed by atoms with E-state index in [-0.39, 0.29) is 36.8 Å². The van der Waals surface area contributed by atoms with Crippen LogP contribution in [-0.4, -0.2) is 35.4 Å². The van der Waals surface area contributed by atoms with Crippen LogP contribution in [0, 0.1) is 5.82 Å². The first-order valence-electron chi connectivity index (χ1n) is 12.0. The summed E-state index contributed by atoms with van der Waals surface area (Å²) in [7, 11) is 0. The summed E-state index contributed by atoms with van der Waals surface area (Å²) >= 11 is 0. The second kappa shape index (κ2) is 11.1. The molecule has 6 heteroatoms. The third-order valence-electron chi connectivity index (χ3n) is 6.49. The van der Waals surface area contributed by atoms with Gasteiger partial charge in [0.1, 0.15) is 17.6 Å². The van der Waals surface area contributed by atoms with Gasteiger partial charge in [-0.1, -0.05) is 67.8 Å². The zero-order chi connectivity index (χ0) is 23.9.